The van der Waals surface area contributed by atoms with Gasteiger partial charge in [0, 0.05) is 19.1 Å². The van der Waals surface area contributed by atoms with Crippen LogP contribution in [-0.2, 0) is 4.79 Å². The number of amides is 1. The van der Waals surface area contributed by atoms with Gasteiger partial charge in [-0.25, -0.2) is 0 Å². The third-order valence-electron chi connectivity index (χ3n) is 3.03. The summed E-state index contributed by atoms with van der Waals surface area (Å²) >= 11 is 0. The van der Waals surface area contributed by atoms with Gasteiger partial charge in [0.25, 0.3) is 0 Å². The molecule has 1 amide bonds. The van der Waals surface area contributed by atoms with Gasteiger partial charge in [-0.05, 0) is 40.8 Å². The van der Waals surface area contributed by atoms with Gasteiger partial charge < -0.3 is 15.5 Å². The highest BCUT2D eigenvalue weighted by molar-refractivity contribution is 5.86. The number of nitrogens with zero attached hydrogens (tertiary/aromatic N) is 2. The summed E-state index contributed by atoms with van der Waals surface area (Å²) in [5.41, 5.74) is 5.07. The van der Waals surface area contributed by atoms with Gasteiger partial charge in [-0.2, -0.15) is 0 Å². The monoisotopic (exact) mass is 285 g/mol. The lowest BCUT2D eigenvalue weighted by molar-refractivity contribution is -0.137. The average Bonchev–Trinajstić information content (AvgIpc) is 2.15. The highest BCUT2D eigenvalue weighted by Gasteiger charge is 2.31. The number of halogens is 2. The van der Waals surface area contributed by atoms with Crippen molar-refractivity contribution in [2.75, 3.05) is 27.2 Å². The fraction of sp³-hybridized carbons (Fsp3) is 0.909. The summed E-state index contributed by atoms with van der Waals surface area (Å²) in [5.74, 6) is 0.0692. The van der Waals surface area contributed by atoms with Gasteiger partial charge in [-0.15, -0.1) is 24.8 Å². The number of piperidine rings is 1. The van der Waals surface area contributed by atoms with Crippen LogP contribution in [0.25, 0.3) is 0 Å². The Labute approximate surface area is 117 Å². The van der Waals surface area contributed by atoms with Crippen LogP contribution in [0.1, 0.15) is 26.7 Å². The van der Waals surface area contributed by atoms with Crippen molar-refractivity contribution in [1.29, 1.82) is 0 Å². The molecule has 0 radical (unpaired) electrons. The number of hydrogen-bond acceptors (Lipinski definition) is 3. The number of likely N-dealkylation sites (tertiary alicyclic amines) is 1. The lowest BCUT2D eigenvalue weighted by Gasteiger charge is -2.37. The van der Waals surface area contributed by atoms with Crippen LogP contribution in [-0.4, -0.2) is 54.5 Å². The van der Waals surface area contributed by atoms with Crippen molar-refractivity contribution in [3.8, 4) is 0 Å². The molecule has 0 aliphatic carbocycles. The van der Waals surface area contributed by atoms with Crippen LogP contribution in [0.3, 0.4) is 0 Å². The molecule has 1 fully saturated rings. The van der Waals surface area contributed by atoms with Crippen LogP contribution in [0.5, 0.6) is 0 Å². The molecule has 1 aliphatic rings. The van der Waals surface area contributed by atoms with Crippen LogP contribution in [0.15, 0.2) is 0 Å². The topological polar surface area (TPSA) is 49.6 Å². The van der Waals surface area contributed by atoms with E-state index in [9.17, 15) is 4.79 Å². The van der Waals surface area contributed by atoms with Gasteiger partial charge >= 0.3 is 0 Å². The maximum absolute atomic E-state index is 11.9. The Balaban J connectivity index is 0. The SMILES string of the molecule is CN(C)C1CCN(C(=O)C(C)(C)N)CC1.Cl.Cl. The molecule has 2 N–H and O–H groups in total. The Morgan fingerprint density at radius 3 is 1.94 bits per heavy atom. The second kappa shape index (κ2) is 7.41. The van der Waals surface area contributed by atoms with E-state index >= 15 is 0 Å². The summed E-state index contributed by atoms with van der Waals surface area (Å²) in [6.07, 6.45) is 2.10. The first kappa shape index (κ1) is 19.3. The highest BCUT2D eigenvalue weighted by Crippen LogP contribution is 2.16. The number of rotatable bonds is 2. The lowest BCUT2D eigenvalue weighted by atomic mass is 10.00. The molecule has 0 aromatic carbocycles. The summed E-state index contributed by atoms with van der Waals surface area (Å²) < 4.78 is 0. The molecule has 0 atom stereocenters. The van der Waals surface area contributed by atoms with Crippen LogP contribution >= 0.6 is 24.8 Å². The van der Waals surface area contributed by atoms with E-state index in [4.69, 9.17) is 5.73 Å². The van der Waals surface area contributed by atoms with Crippen molar-refractivity contribution in [1.82, 2.24) is 9.80 Å². The zero-order chi connectivity index (χ0) is 11.6. The number of carbonyl (C=O) groups is 1. The molecule has 1 saturated heterocycles. The number of carbonyl (C=O) groups excluding carboxylic acids is 1. The van der Waals surface area contributed by atoms with E-state index in [1.165, 1.54) is 0 Å². The van der Waals surface area contributed by atoms with Gasteiger partial charge in [-0.3, -0.25) is 4.79 Å². The molecule has 0 aromatic rings. The van der Waals surface area contributed by atoms with Crippen molar-refractivity contribution >= 4 is 30.7 Å². The molecule has 0 aromatic heterocycles. The van der Waals surface area contributed by atoms with Crippen molar-refractivity contribution in [2.45, 2.75) is 38.3 Å². The second-order valence-electron chi connectivity index (χ2n) is 5.21. The van der Waals surface area contributed by atoms with Crippen LogP contribution in [0.2, 0.25) is 0 Å². The van der Waals surface area contributed by atoms with Gasteiger partial charge in [0.15, 0.2) is 0 Å². The molecule has 1 heterocycles. The maximum atomic E-state index is 11.9. The predicted octanol–water partition coefficient (Wildman–Crippen LogP) is 1.12. The molecule has 1 rings (SSSR count). The van der Waals surface area contributed by atoms with Crippen molar-refractivity contribution in [2.24, 2.45) is 5.73 Å². The van der Waals surface area contributed by atoms with E-state index in [1.807, 2.05) is 4.90 Å². The fourth-order valence-electron chi connectivity index (χ4n) is 1.99. The number of nitrogens with two attached hydrogens (primary N) is 1. The van der Waals surface area contributed by atoms with Crippen LogP contribution in [0, 0.1) is 0 Å². The zero-order valence-corrected chi connectivity index (χ0v) is 12.7. The molecule has 4 nitrogen and oxygen atoms in total. The van der Waals surface area contributed by atoms with Crippen molar-refractivity contribution in [3.63, 3.8) is 0 Å². The third kappa shape index (κ3) is 5.42. The maximum Gasteiger partial charge on any atom is 0.242 e. The third-order valence-corrected chi connectivity index (χ3v) is 3.03. The van der Waals surface area contributed by atoms with Crippen molar-refractivity contribution < 1.29 is 4.79 Å². The quantitative estimate of drug-likeness (QED) is 0.827. The van der Waals surface area contributed by atoms with Crippen LogP contribution < -0.4 is 5.73 Å². The minimum absolute atomic E-state index is 0. The van der Waals surface area contributed by atoms with E-state index in [0.717, 1.165) is 25.9 Å². The molecule has 0 unspecified atom stereocenters. The van der Waals surface area contributed by atoms with Crippen molar-refractivity contribution in [3.05, 3.63) is 0 Å². The van der Waals surface area contributed by atoms with Gasteiger partial charge in [0.1, 0.15) is 0 Å². The molecule has 0 spiro atoms. The van der Waals surface area contributed by atoms with E-state index in [-0.39, 0.29) is 30.7 Å². The molecule has 6 heteroatoms. The fourth-order valence-corrected chi connectivity index (χ4v) is 1.99. The first-order valence-corrected chi connectivity index (χ1v) is 5.57. The summed E-state index contributed by atoms with van der Waals surface area (Å²) in [6, 6.07) is 0.606. The zero-order valence-electron chi connectivity index (χ0n) is 11.1. The van der Waals surface area contributed by atoms with Crippen LogP contribution in [0.4, 0.5) is 0 Å². The number of hydrogen-bond donors (Lipinski definition) is 1. The Bertz CT molecular complexity index is 233. The van der Waals surface area contributed by atoms with E-state index in [0.29, 0.717) is 6.04 Å². The molecule has 0 saturated carbocycles. The second-order valence-corrected chi connectivity index (χ2v) is 5.21. The van der Waals surface area contributed by atoms with Gasteiger partial charge in [0.05, 0.1) is 5.54 Å². The summed E-state index contributed by atoms with van der Waals surface area (Å²) in [4.78, 5) is 16.0. The Morgan fingerprint density at radius 1 is 1.24 bits per heavy atom. The Morgan fingerprint density at radius 2 is 1.65 bits per heavy atom. The van der Waals surface area contributed by atoms with E-state index < -0.39 is 5.54 Å². The summed E-state index contributed by atoms with van der Waals surface area (Å²) in [5, 5.41) is 0. The van der Waals surface area contributed by atoms with Gasteiger partial charge in [0.2, 0.25) is 5.91 Å². The van der Waals surface area contributed by atoms with E-state index in [2.05, 4.69) is 19.0 Å². The standard InChI is InChI=1S/C11H23N3O.2ClH/c1-11(2,12)10(15)14-7-5-9(6-8-14)13(3)4;;/h9H,5-8,12H2,1-4H3;2*1H. The molecular weight excluding hydrogens is 261 g/mol. The smallest absolute Gasteiger partial charge is 0.242 e. The van der Waals surface area contributed by atoms with E-state index in [1.54, 1.807) is 13.8 Å². The first-order valence-electron chi connectivity index (χ1n) is 5.57. The molecule has 17 heavy (non-hydrogen) atoms. The minimum Gasteiger partial charge on any atom is -0.341 e. The lowest BCUT2D eigenvalue weighted by Crippen LogP contribution is -2.54. The molecule has 0 bridgehead atoms. The largest absolute Gasteiger partial charge is 0.341 e. The normalized spacial score (nSPS) is 17.4. The highest BCUT2D eigenvalue weighted by atomic mass is 35.5. The summed E-state index contributed by atoms with van der Waals surface area (Å²) in [6.45, 7) is 5.21. The molecular formula is C11H25Cl2N3O. The average molecular weight is 286 g/mol. The predicted molar refractivity (Wildman–Crippen MR) is 76.1 cm³/mol. The Hall–Kier alpha value is -0.0300. The Kier molecular flexibility index (Phi) is 8.42. The molecule has 1 aliphatic heterocycles. The molecule has 104 valence electrons. The summed E-state index contributed by atoms with van der Waals surface area (Å²) in [7, 11) is 4.18. The first-order chi connectivity index (χ1) is 6.82. The van der Waals surface area contributed by atoms with Gasteiger partial charge in [-0.1, -0.05) is 0 Å². The minimum atomic E-state index is -0.731.